The molecule has 5 aromatic rings. The Bertz CT molecular complexity index is 1550. The molecule has 44 heavy (non-hydrogen) atoms. The highest BCUT2D eigenvalue weighted by atomic mass is 16.4. The van der Waals surface area contributed by atoms with Crippen molar-refractivity contribution < 1.29 is 28.9 Å². The van der Waals surface area contributed by atoms with Crippen LogP contribution in [0.1, 0.15) is 32.1 Å². The number of fused-ring (bicyclic) bond motifs is 1. The molecule has 3 heterocycles. The SMILES string of the molecule is Cc1c[n+](C)c(N(C)C)n1C.Cc1c[n+](C)c(N(C)C)n1C.O=C([O-])c1ccccc1C(=O)[O-].c1ccc2ncccc2c1. The number of carbonyl (C=O) groups excluding carboxylic acids is 2. The van der Waals surface area contributed by atoms with E-state index in [1.165, 1.54) is 40.8 Å². The minimum atomic E-state index is -1.52. The number of nitrogens with zero attached hydrogens (tertiary/aromatic N) is 7. The van der Waals surface area contributed by atoms with Crippen LogP contribution in [0.4, 0.5) is 11.9 Å². The third-order valence-corrected chi connectivity index (χ3v) is 6.73. The lowest BCUT2D eigenvalue weighted by atomic mass is 10.1. The molecule has 0 saturated carbocycles. The molecule has 11 heteroatoms. The van der Waals surface area contributed by atoms with Crippen molar-refractivity contribution in [2.45, 2.75) is 13.8 Å². The lowest BCUT2D eigenvalue weighted by molar-refractivity contribution is -0.658. The van der Waals surface area contributed by atoms with Crippen LogP contribution >= 0.6 is 0 Å². The molecule has 0 aliphatic heterocycles. The van der Waals surface area contributed by atoms with E-state index in [2.05, 4.69) is 128 Å². The summed E-state index contributed by atoms with van der Waals surface area (Å²) in [5, 5.41) is 21.8. The first kappa shape index (κ1) is 35.0. The first-order chi connectivity index (χ1) is 20.7. The van der Waals surface area contributed by atoms with Gasteiger partial charge in [0.25, 0.3) is 0 Å². The standard InChI is InChI=1S/C9H7N.2C8H16N3.C8H6O4/c1-2-6-9-8(4-1)5-3-7-10-9;2*1-7-6-10(4)8(9(2)3)11(7)5;9-7(10)5-3-1-2-4-6(5)8(11)12/h1-7H;2*6H,1-5H3;1-4H,(H,9,10)(H,11,12)/q;2*+1;/p-2. The van der Waals surface area contributed by atoms with Gasteiger partial charge in [0.1, 0.15) is 11.4 Å². The number of aromatic nitrogens is 5. The van der Waals surface area contributed by atoms with E-state index in [0.29, 0.717) is 0 Å². The van der Waals surface area contributed by atoms with E-state index in [1.54, 1.807) is 0 Å². The number of aryl methyl sites for hydroxylation is 4. The Kier molecular flexibility index (Phi) is 12.6. The molecule has 0 aliphatic carbocycles. The van der Waals surface area contributed by atoms with Gasteiger partial charge in [-0.05, 0) is 26.0 Å². The second-order valence-corrected chi connectivity index (χ2v) is 10.6. The van der Waals surface area contributed by atoms with E-state index in [1.807, 2.05) is 30.5 Å². The molecule has 0 unspecified atom stereocenters. The number of anilines is 2. The summed E-state index contributed by atoms with van der Waals surface area (Å²) in [7, 11) is 16.5. The van der Waals surface area contributed by atoms with Gasteiger partial charge < -0.3 is 19.8 Å². The van der Waals surface area contributed by atoms with E-state index < -0.39 is 11.9 Å². The first-order valence-corrected chi connectivity index (χ1v) is 13.9. The number of carboxylic acid groups (broad SMARTS) is 2. The number of rotatable bonds is 4. The average Bonchev–Trinajstić information content (AvgIpc) is 3.39. The molecule has 0 spiro atoms. The van der Waals surface area contributed by atoms with Gasteiger partial charge in [-0.1, -0.05) is 48.5 Å². The number of para-hydroxylation sites is 1. The molecule has 234 valence electrons. The van der Waals surface area contributed by atoms with Crippen LogP contribution in [0.15, 0.2) is 79.3 Å². The molecule has 5 rings (SSSR count). The number of hydrogen-bond donors (Lipinski definition) is 0. The summed E-state index contributed by atoms with van der Waals surface area (Å²) in [5.74, 6) is -0.616. The van der Waals surface area contributed by atoms with Crippen molar-refractivity contribution in [1.29, 1.82) is 0 Å². The Morgan fingerprint density at radius 2 is 1.07 bits per heavy atom. The fraction of sp³-hybridized carbons (Fsp3) is 0.303. The van der Waals surface area contributed by atoms with Gasteiger partial charge >= 0.3 is 11.9 Å². The Morgan fingerprint density at radius 1 is 0.682 bits per heavy atom. The number of benzene rings is 2. The molecule has 0 aliphatic rings. The summed E-state index contributed by atoms with van der Waals surface area (Å²) in [6.45, 7) is 4.21. The first-order valence-electron chi connectivity index (χ1n) is 13.9. The Morgan fingerprint density at radius 3 is 1.39 bits per heavy atom. The van der Waals surface area contributed by atoms with E-state index >= 15 is 0 Å². The summed E-state index contributed by atoms with van der Waals surface area (Å²) in [5.41, 5.74) is 2.88. The third-order valence-electron chi connectivity index (χ3n) is 6.73. The average molecular weight is 602 g/mol. The van der Waals surface area contributed by atoms with Crippen LogP contribution < -0.4 is 29.1 Å². The molecule has 0 amide bonds. The van der Waals surface area contributed by atoms with Crippen molar-refractivity contribution in [3.63, 3.8) is 0 Å². The number of pyridine rings is 1. The summed E-state index contributed by atoms with van der Waals surface area (Å²) in [6.07, 6.45) is 6.05. The zero-order valence-electron chi connectivity index (χ0n) is 27.3. The van der Waals surface area contributed by atoms with E-state index in [0.717, 1.165) is 17.6 Å². The summed E-state index contributed by atoms with van der Waals surface area (Å²) in [4.78, 5) is 29.0. The topological polar surface area (TPSA) is 117 Å². The van der Waals surface area contributed by atoms with Gasteiger partial charge in [0, 0.05) is 22.7 Å². The normalized spacial score (nSPS) is 9.95. The highest BCUT2D eigenvalue weighted by molar-refractivity contribution is 5.99. The van der Waals surface area contributed by atoms with Crippen molar-refractivity contribution in [1.82, 2.24) is 14.1 Å². The second-order valence-electron chi connectivity index (χ2n) is 10.6. The Balaban J connectivity index is 0.000000205. The molecule has 3 aromatic heterocycles. The molecule has 0 saturated heterocycles. The molecule has 0 atom stereocenters. The van der Waals surface area contributed by atoms with Crippen LogP contribution in [-0.2, 0) is 28.2 Å². The van der Waals surface area contributed by atoms with Crippen LogP contribution in [0.3, 0.4) is 0 Å². The maximum absolute atomic E-state index is 10.3. The molecule has 0 bridgehead atoms. The highest BCUT2D eigenvalue weighted by Crippen LogP contribution is 2.09. The van der Waals surface area contributed by atoms with Gasteiger partial charge in [0.15, 0.2) is 0 Å². The minimum absolute atomic E-state index is 0.363. The monoisotopic (exact) mass is 601 g/mol. The van der Waals surface area contributed by atoms with Gasteiger partial charge in [-0.2, -0.15) is 0 Å². The number of carboxylic acids is 2. The summed E-state index contributed by atoms with van der Waals surface area (Å²) in [6, 6.07) is 17.2. The molecular formula is C33H43N7O4. The number of aromatic carboxylic acids is 2. The molecule has 0 N–H and O–H groups in total. The third kappa shape index (κ3) is 9.15. The van der Waals surface area contributed by atoms with Crippen LogP contribution in [-0.4, -0.2) is 54.2 Å². The maximum Gasteiger partial charge on any atom is 0.359 e. The van der Waals surface area contributed by atoms with Crippen molar-refractivity contribution in [2.24, 2.45) is 28.2 Å². The van der Waals surface area contributed by atoms with Gasteiger partial charge in [0.2, 0.25) is 0 Å². The second kappa shape index (κ2) is 15.9. The van der Waals surface area contributed by atoms with Crippen molar-refractivity contribution >= 4 is 34.7 Å². The molecule has 0 fully saturated rings. The zero-order valence-corrected chi connectivity index (χ0v) is 27.3. The summed E-state index contributed by atoms with van der Waals surface area (Å²) < 4.78 is 8.57. The van der Waals surface area contributed by atoms with Crippen molar-refractivity contribution in [3.05, 3.63) is 102 Å². The van der Waals surface area contributed by atoms with Crippen LogP contribution in [0, 0.1) is 13.8 Å². The van der Waals surface area contributed by atoms with Crippen molar-refractivity contribution in [3.8, 4) is 0 Å². The zero-order chi connectivity index (χ0) is 33.1. The largest absolute Gasteiger partial charge is 0.545 e. The van der Waals surface area contributed by atoms with Crippen LogP contribution in [0.25, 0.3) is 10.9 Å². The Labute approximate surface area is 259 Å². The molecule has 2 aromatic carbocycles. The van der Waals surface area contributed by atoms with Gasteiger partial charge in [-0.15, -0.1) is 0 Å². The van der Waals surface area contributed by atoms with Gasteiger partial charge in [-0.25, -0.2) is 18.3 Å². The predicted molar refractivity (Wildman–Crippen MR) is 168 cm³/mol. The fourth-order valence-electron chi connectivity index (χ4n) is 4.72. The minimum Gasteiger partial charge on any atom is -0.545 e. The molecule has 11 nitrogen and oxygen atoms in total. The lowest BCUT2D eigenvalue weighted by Crippen LogP contribution is -2.34. The smallest absolute Gasteiger partial charge is 0.359 e. The summed E-state index contributed by atoms with van der Waals surface area (Å²) >= 11 is 0. The number of carbonyl (C=O) groups is 2. The number of hydrogen-bond acceptors (Lipinski definition) is 7. The molecular weight excluding hydrogens is 558 g/mol. The van der Waals surface area contributed by atoms with E-state index in [4.69, 9.17) is 0 Å². The fourth-order valence-corrected chi connectivity index (χ4v) is 4.72. The van der Waals surface area contributed by atoms with E-state index in [9.17, 15) is 19.8 Å². The molecule has 0 radical (unpaired) electrons. The van der Waals surface area contributed by atoms with Crippen molar-refractivity contribution in [2.75, 3.05) is 38.0 Å². The van der Waals surface area contributed by atoms with E-state index in [-0.39, 0.29) is 11.1 Å². The predicted octanol–water partition coefficient (Wildman–Crippen LogP) is 1.10. The number of imidazole rings is 2. The van der Waals surface area contributed by atoms with Crippen LogP contribution in [0.2, 0.25) is 0 Å². The Hall–Kier alpha value is -5.19. The quantitative estimate of drug-likeness (QED) is 0.283. The lowest BCUT2D eigenvalue weighted by Gasteiger charge is -2.09. The highest BCUT2D eigenvalue weighted by Gasteiger charge is 2.16. The van der Waals surface area contributed by atoms with Gasteiger partial charge in [-0.3, -0.25) is 14.8 Å². The van der Waals surface area contributed by atoms with Crippen LogP contribution in [0.5, 0.6) is 0 Å². The maximum atomic E-state index is 10.3. The van der Waals surface area contributed by atoms with Gasteiger partial charge in [0.05, 0.1) is 86.2 Å².